The minimum Gasteiger partial charge on any atom is -0.370 e. The molecule has 0 radical (unpaired) electrons. The van der Waals surface area contributed by atoms with Gasteiger partial charge in [-0.1, -0.05) is 12.1 Å². The SMILES string of the molecule is NC1=NC(N)(CCc2cccc(F)c2)C=CN1. The number of hydrogen-bond acceptors (Lipinski definition) is 4. The molecule has 0 fully saturated rings. The Hall–Kier alpha value is -1.88. The summed E-state index contributed by atoms with van der Waals surface area (Å²) < 4.78 is 13.0. The van der Waals surface area contributed by atoms with Gasteiger partial charge >= 0.3 is 0 Å². The van der Waals surface area contributed by atoms with Crippen molar-refractivity contribution < 1.29 is 4.39 Å². The standard InChI is InChI=1S/C12H15FN4/c13-10-3-1-2-9(8-10)4-5-12(15)6-7-16-11(14)17-12/h1-3,6-8H,4-5,15H2,(H3,14,16,17). The molecular weight excluding hydrogens is 219 g/mol. The molecule has 0 saturated heterocycles. The summed E-state index contributed by atoms with van der Waals surface area (Å²) in [5.41, 5.74) is 11.7. The van der Waals surface area contributed by atoms with E-state index in [2.05, 4.69) is 10.3 Å². The van der Waals surface area contributed by atoms with Crippen LogP contribution in [0.4, 0.5) is 4.39 Å². The first-order valence-corrected chi connectivity index (χ1v) is 5.40. The number of guanidine groups is 1. The first kappa shape index (κ1) is 11.6. The van der Waals surface area contributed by atoms with Crippen molar-refractivity contribution in [2.45, 2.75) is 18.5 Å². The number of aliphatic imine (C=N–C) groups is 1. The van der Waals surface area contributed by atoms with E-state index in [0.717, 1.165) is 5.56 Å². The number of hydrogen-bond donors (Lipinski definition) is 3. The van der Waals surface area contributed by atoms with E-state index in [4.69, 9.17) is 11.5 Å². The Morgan fingerprint density at radius 3 is 2.94 bits per heavy atom. The molecule has 0 aliphatic carbocycles. The highest BCUT2D eigenvalue weighted by molar-refractivity contribution is 5.80. The highest BCUT2D eigenvalue weighted by Crippen LogP contribution is 2.17. The fraction of sp³-hybridized carbons (Fsp3) is 0.250. The van der Waals surface area contributed by atoms with E-state index in [1.165, 1.54) is 12.1 Å². The second-order valence-corrected chi connectivity index (χ2v) is 4.10. The van der Waals surface area contributed by atoms with Crippen molar-refractivity contribution >= 4 is 5.96 Å². The summed E-state index contributed by atoms with van der Waals surface area (Å²) in [5.74, 6) is 0.0617. The number of rotatable bonds is 3. The van der Waals surface area contributed by atoms with E-state index in [1.54, 1.807) is 18.3 Å². The van der Waals surface area contributed by atoms with Crippen LogP contribution in [-0.4, -0.2) is 11.6 Å². The molecule has 1 unspecified atom stereocenters. The van der Waals surface area contributed by atoms with E-state index >= 15 is 0 Å². The topological polar surface area (TPSA) is 76.4 Å². The van der Waals surface area contributed by atoms with E-state index in [-0.39, 0.29) is 5.82 Å². The van der Waals surface area contributed by atoms with Crippen molar-refractivity contribution in [1.82, 2.24) is 5.32 Å². The third kappa shape index (κ3) is 3.04. The zero-order valence-electron chi connectivity index (χ0n) is 9.36. The predicted octanol–water partition coefficient (Wildman–Crippen LogP) is 0.845. The molecule has 5 N–H and O–H groups in total. The van der Waals surface area contributed by atoms with Gasteiger partial charge in [-0.3, -0.25) is 0 Å². The minimum atomic E-state index is -0.804. The van der Waals surface area contributed by atoms with Gasteiger partial charge in [0.05, 0.1) is 0 Å². The van der Waals surface area contributed by atoms with Crippen LogP contribution in [0.5, 0.6) is 0 Å². The number of benzene rings is 1. The molecule has 1 aliphatic heterocycles. The van der Waals surface area contributed by atoms with Gasteiger partial charge in [0.1, 0.15) is 11.5 Å². The summed E-state index contributed by atoms with van der Waals surface area (Å²) in [6, 6.07) is 6.47. The van der Waals surface area contributed by atoms with Crippen molar-refractivity contribution in [1.29, 1.82) is 0 Å². The molecule has 4 nitrogen and oxygen atoms in total. The molecule has 1 aromatic rings. The lowest BCUT2D eigenvalue weighted by atomic mass is 10.0. The molecule has 1 heterocycles. The third-order valence-corrected chi connectivity index (χ3v) is 2.63. The Labute approximate surface area is 99.2 Å². The van der Waals surface area contributed by atoms with Gasteiger partial charge in [-0.05, 0) is 36.6 Å². The van der Waals surface area contributed by atoms with Gasteiger partial charge in [0.25, 0.3) is 0 Å². The molecule has 2 rings (SSSR count). The number of nitrogens with zero attached hydrogens (tertiary/aromatic N) is 1. The number of nitrogens with two attached hydrogens (primary N) is 2. The van der Waals surface area contributed by atoms with E-state index < -0.39 is 5.66 Å². The lowest BCUT2D eigenvalue weighted by Gasteiger charge is -2.25. The van der Waals surface area contributed by atoms with Crippen molar-refractivity contribution in [2.75, 3.05) is 0 Å². The summed E-state index contributed by atoms with van der Waals surface area (Å²) in [6.07, 6.45) is 4.65. The minimum absolute atomic E-state index is 0.238. The van der Waals surface area contributed by atoms with Gasteiger partial charge in [0.2, 0.25) is 0 Å². The Bertz CT molecular complexity index is 469. The van der Waals surface area contributed by atoms with Gasteiger partial charge in [-0.25, -0.2) is 9.38 Å². The highest BCUT2D eigenvalue weighted by Gasteiger charge is 2.22. The molecule has 1 aliphatic rings. The average molecular weight is 234 g/mol. The molecule has 5 heteroatoms. The molecule has 0 saturated carbocycles. The molecule has 17 heavy (non-hydrogen) atoms. The van der Waals surface area contributed by atoms with Crippen LogP contribution in [0.2, 0.25) is 0 Å². The van der Waals surface area contributed by atoms with E-state index in [0.29, 0.717) is 18.8 Å². The zero-order valence-corrected chi connectivity index (χ0v) is 9.36. The summed E-state index contributed by atoms with van der Waals surface area (Å²) in [5, 5.41) is 2.75. The Balaban J connectivity index is 2.03. The molecule has 1 atom stereocenters. The summed E-state index contributed by atoms with van der Waals surface area (Å²) in [4.78, 5) is 4.13. The molecular formula is C12H15FN4. The quantitative estimate of drug-likeness (QED) is 0.725. The van der Waals surface area contributed by atoms with Gasteiger partial charge in [-0.15, -0.1) is 0 Å². The van der Waals surface area contributed by atoms with Crippen LogP contribution in [0.3, 0.4) is 0 Å². The fourth-order valence-electron chi connectivity index (χ4n) is 1.74. The lowest BCUT2D eigenvalue weighted by Crippen LogP contribution is -2.44. The maximum absolute atomic E-state index is 13.0. The first-order chi connectivity index (χ1) is 8.07. The largest absolute Gasteiger partial charge is 0.370 e. The van der Waals surface area contributed by atoms with Crippen LogP contribution in [0.1, 0.15) is 12.0 Å². The van der Waals surface area contributed by atoms with Gasteiger partial charge in [0, 0.05) is 6.20 Å². The summed E-state index contributed by atoms with van der Waals surface area (Å²) in [6.45, 7) is 0. The predicted molar refractivity (Wildman–Crippen MR) is 65.5 cm³/mol. The second-order valence-electron chi connectivity index (χ2n) is 4.10. The van der Waals surface area contributed by atoms with E-state index in [9.17, 15) is 4.39 Å². The number of aryl methyl sites for hydroxylation is 1. The fourth-order valence-corrected chi connectivity index (χ4v) is 1.74. The average Bonchev–Trinajstić information content (AvgIpc) is 2.26. The molecule has 1 aromatic carbocycles. The first-order valence-electron chi connectivity index (χ1n) is 5.40. The van der Waals surface area contributed by atoms with Crippen LogP contribution < -0.4 is 16.8 Å². The maximum Gasteiger partial charge on any atom is 0.194 e. The molecule has 90 valence electrons. The normalized spacial score (nSPS) is 23.1. The van der Waals surface area contributed by atoms with Crippen LogP contribution in [-0.2, 0) is 6.42 Å². The third-order valence-electron chi connectivity index (χ3n) is 2.63. The summed E-state index contributed by atoms with van der Waals surface area (Å²) in [7, 11) is 0. The number of nitrogens with one attached hydrogen (secondary N) is 1. The summed E-state index contributed by atoms with van der Waals surface area (Å²) >= 11 is 0. The Morgan fingerprint density at radius 1 is 1.41 bits per heavy atom. The van der Waals surface area contributed by atoms with Crippen LogP contribution >= 0.6 is 0 Å². The van der Waals surface area contributed by atoms with Gasteiger partial charge < -0.3 is 16.8 Å². The smallest absolute Gasteiger partial charge is 0.194 e. The van der Waals surface area contributed by atoms with Crippen molar-refractivity contribution in [3.05, 3.63) is 47.9 Å². The highest BCUT2D eigenvalue weighted by atomic mass is 19.1. The van der Waals surface area contributed by atoms with Gasteiger partial charge in [0.15, 0.2) is 5.96 Å². The van der Waals surface area contributed by atoms with Crippen LogP contribution in [0.15, 0.2) is 41.5 Å². The van der Waals surface area contributed by atoms with E-state index in [1.807, 2.05) is 6.07 Å². The zero-order chi connectivity index (χ0) is 12.3. The van der Waals surface area contributed by atoms with Crippen LogP contribution in [0, 0.1) is 5.82 Å². The van der Waals surface area contributed by atoms with Crippen LogP contribution in [0.25, 0.3) is 0 Å². The Morgan fingerprint density at radius 2 is 2.24 bits per heavy atom. The second kappa shape index (κ2) is 4.55. The lowest BCUT2D eigenvalue weighted by molar-refractivity contribution is 0.499. The monoisotopic (exact) mass is 234 g/mol. The Kier molecular flexibility index (Phi) is 3.10. The number of halogens is 1. The van der Waals surface area contributed by atoms with Crippen molar-refractivity contribution in [3.63, 3.8) is 0 Å². The van der Waals surface area contributed by atoms with Gasteiger partial charge in [-0.2, -0.15) is 0 Å². The maximum atomic E-state index is 13.0. The molecule has 0 amide bonds. The van der Waals surface area contributed by atoms with Crippen molar-refractivity contribution in [2.24, 2.45) is 16.5 Å². The molecule has 0 spiro atoms. The molecule has 0 aromatic heterocycles. The molecule has 0 bridgehead atoms. The van der Waals surface area contributed by atoms with Crippen molar-refractivity contribution in [3.8, 4) is 0 Å².